The van der Waals surface area contributed by atoms with Crippen molar-refractivity contribution < 1.29 is 42.1 Å². The van der Waals surface area contributed by atoms with Gasteiger partial charge in [-0.1, -0.05) is 0 Å². The second-order valence-electron chi connectivity index (χ2n) is 5.82. The highest BCUT2D eigenvalue weighted by Gasteiger charge is 2.63. The molecule has 2 bridgehead atoms. The van der Waals surface area contributed by atoms with Crippen LogP contribution < -0.4 is 0 Å². The zero-order valence-corrected chi connectivity index (χ0v) is 11.6. The van der Waals surface area contributed by atoms with Crippen LogP contribution in [0.15, 0.2) is 0 Å². The molecule has 1 saturated heterocycles. The Morgan fingerprint density at radius 2 is 2.05 bits per heavy atom. The zero-order chi connectivity index (χ0) is 16.1. The molecule has 0 amide bonds. The Hall–Kier alpha value is -1.93. The van der Waals surface area contributed by atoms with Crippen LogP contribution in [0, 0.1) is 17.8 Å². The summed E-state index contributed by atoms with van der Waals surface area (Å²) in [6, 6.07) is 0. The minimum Gasteiger partial charge on any atom is -0.458 e. The molecule has 0 aromatic heterocycles. The summed E-state index contributed by atoms with van der Waals surface area (Å²) >= 11 is 0. The molecule has 5 atom stereocenters. The van der Waals surface area contributed by atoms with E-state index < -0.39 is 37.0 Å². The summed E-state index contributed by atoms with van der Waals surface area (Å²) in [5.74, 6) is -5.75. The van der Waals surface area contributed by atoms with E-state index in [0.717, 1.165) is 6.42 Å². The van der Waals surface area contributed by atoms with E-state index in [0.29, 0.717) is 13.3 Å². The van der Waals surface area contributed by atoms with Crippen LogP contribution in [0.5, 0.6) is 0 Å². The first-order valence-electron chi connectivity index (χ1n) is 6.86. The molecule has 0 aromatic rings. The van der Waals surface area contributed by atoms with Crippen molar-refractivity contribution in [3.63, 3.8) is 0 Å². The third-order valence-corrected chi connectivity index (χ3v) is 4.37. The van der Waals surface area contributed by atoms with Gasteiger partial charge in [0.15, 0.2) is 0 Å². The third-order valence-electron chi connectivity index (χ3n) is 4.37. The highest BCUT2D eigenvalue weighted by molar-refractivity contribution is 5.77. The van der Waals surface area contributed by atoms with Crippen LogP contribution in [0.4, 0.5) is 13.6 Å². The molecule has 0 N–H and O–H groups in total. The Bertz CT molecular complexity index is 515. The van der Waals surface area contributed by atoms with Gasteiger partial charge < -0.3 is 18.9 Å². The van der Waals surface area contributed by atoms with Gasteiger partial charge in [-0.3, -0.25) is 4.79 Å². The van der Waals surface area contributed by atoms with Crippen molar-refractivity contribution in [1.82, 2.24) is 0 Å². The normalized spacial score (nSPS) is 35.2. The van der Waals surface area contributed by atoms with Gasteiger partial charge in [-0.2, -0.15) is 8.78 Å². The molecule has 22 heavy (non-hydrogen) atoms. The number of hydrogen-bond acceptors (Lipinski definition) is 7. The van der Waals surface area contributed by atoms with Gasteiger partial charge in [0.25, 0.3) is 0 Å². The fourth-order valence-electron chi connectivity index (χ4n) is 3.47. The topological polar surface area (TPSA) is 88.1 Å². The second kappa shape index (κ2) is 5.06. The highest BCUT2D eigenvalue weighted by atomic mass is 19.3. The third kappa shape index (κ3) is 2.48. The van der Waals surface area contributed by atoms with Gasteiger partial charge in [-0.25, -0.2) is 9.59 Å². The Balaban J connectivity index is 1.46. The number of ether oxygens (including phenoxy) is 4. The first-order chi connectivity index (χ1) is 10.3. The fraction of sp³-hybridized carbons (Fsp3) is 0.769. The lowest BCUT2D eigenvalue weighted by Gasteiger charge is -2.24. The lowest BCUT2D eigenvalue weighted by Crippen LogP contribution is -2.36. The monoisotopic (exact) mass is 320 g/mol. The Kier molecular flexibility index (Phi) is 3.45. The lowest BCUT2D eigenvalue weighted by molar-refractivity contribution is -0.179. The molecule has 3 fully saturated rings. The predicted octanol–water partition coefficient (Wildman–Crippen LogP) is 1.25. The van der Waals surface area contributed by atoms with Crippen molar-refractivity contribution in [2.24, 2.45) is 17.8 Å². The van der Waals surface area contributed by atoms with E-state index in [9.17, 15) is 23.2 Å². The first kappa shape index (κ1) is 15.0. The number of esters is 2. The van der Waals surface area contributed by atoms with Crippen molar-refractivity contribution >= 4 is 18.1 Å². The maximum atomic E-state index is 12.5. The number of fused-ring (bicyclic) bond motifs is 1. The standard InChI is InChI=1S/C13H14F2O7/c1-13(14,15)11(17)19-4-20-12(18)22-8-5-2-6-7(3-5)10(16)21-9(6)8/h5-9H,2-4H2,1H3. The van der Waals surface area contributed by atoms with E-state index in [1.165, 1.54) is 0 Å². The smallest absolute Gasteiger partial charge is 0.458 e. The van der Waals surface area contributed by atoms with E-state index >= 15 is 0 Å². The summed E-state index contributed by atoms with van der Waals surface area (Å²) in [5, 5.41) is 0. The van der Waals surface area contributed by atoms with Gasteiger partial charge >= 0.3 is 24.0 Å². The van der Waals surface area contributed by atoms with Crippen LogP contribution in [-0.4, -0.2) is 43.0 Å². The highest BCUT2D eigenvalue weighted by Crippen LogP contribution is 2.55. The molecule has 1 aliphatic heterocycles. The molecule has 9 heteroatoms. The zero-order valence-electron chi connectivity index (χ0n) is 11.6. The number of carbonyl (C=O) groups is 3. The number of alkyl halides is 2. The van der Waals surface area contributed by atoms with Gasteiger partial charge in [0.2, 0.25) is 6.79 Å². The lowest BCUT2D eigenvalue weighted by atomic mass is 9.88. The van der Waals surface area contributed by atoms with Crippen LogP contribution >= 0.6 is 0 Å². The minimum atomic E-state index is -3.66. The molecule has 7 nitrogen and oxygen atoms in total. The number of halogens is 2. The maximum Gasteiger partial charge on any atom is 0.511 e. The molecule has 5 unspecified atom stereocenters. The molecular formula is C13H14F2O7. The van der Waals surface area contributed by atoms with Crippen LogP contribution in [0.1, 0.15) is 19.8 Å². The van der Waals surface area contributed by atoms with E-state index in [2.05, 4.69) is 9.47 Å². The van der Waals surface area contributed by atoms with Crippen molar-refractivity contribution in [1.29, 1.82) is 0 Å². The van der Waals surface area contributed by atoms with Gasteiger partial charge in [-0.05, 0) is 12.8 Å². The van der Waals surface area contributed by atoms with Crippen molar-refractivity contribution in [2.45, 2.75) is 37.9 Å². The van der Waals surface area contributed by atoms with Crippen LogP contribution in [0.25, 0.3) is 0 Å². The molecule has 1 heterocycles. The van der Waals surface area contributed by atoms with Gasteiger partial charge in [0.05, 0.1) is 5.92 Å². The fourth-order valence-corrected chi connectivity index (χ4v) is 3.47. The molecule has 0 spiro atoms. The van der Waals surface area contributed by atoms with Crippen molar-refractivity contribution in [2.75, 3.05) is 6.79 Å². The molecule has 3 rings (SSSR count). The minimum absolute atomic E-state index is 0.0292. The van der Waals surface area contributed by atoms with E-state index in [4.69, 9.17) is 9.47 Å². The SMILES string of the molecule is CC(F)(F)C(=O)OCOC(=O)OC1C2CC3C(=O)OC1C3C2. The number of carbonyl (C=O) groups excluding carboxylic acids is 3. The van der Waals surface area contributed by atoms with Gasteiger partial charge in [0.1, 0.15) is 12.2 Å². The molecule has 122 valence electrons. The summed E-state index contributed by atoms with van der Waals surface area (Å²) in [5.41, 5.74) is 0. The molecule has 3 aliphatic rings. The summed E-state index contributed by atoms with van der Waals surface area (Å²) in [6.07, 6.45) is -0.857. The molecular weight excluding hydrogens is 306 g/mol. The molecule has 2 saturated carbocycles. The predicted molar refractivity (Wildman–Crippen MR) is 62.5 cm³/mol. The summed E-state index contributed by atoms with van der Waals surface area (Å²) in [6.45, 7) is -0.594. The maximum absolute atomic E-state index is 12.5. The number of rotatable bonds is 4. The summed E-state index contributed by atoms with van der Waals surface area (Å²) in [4.78, 5) is 33.8. The molecule has 2 aliphatic carbocycles. The number of hydrogen-bond donors (Lipinski definition) is 0. The first-order valence-corrected chi connectivity index (χ1v) is 6.86. The van der Waals surface area contributed by atoms with Gasteiger partial charge in [0, 0.05) is 18.8 Å². The summed E-state index contributed by atoms with van der Waals surface area (Å²) < 4.78 is 43.8. The quantitative estimate of drug-likeness (QED) is 0.437. The van der Waals surface area contributed by atoms with Crippen LogP contribution in [0.3, 0.4) is 0 Å². The van der Waals surface area contributed by atoms with Crippen molar-refractivity contribution in [3.05, 3.63) is 0 Å². The largest absolute Gasteiger partial charge is 0.511 e. The van der Waals surface area contributed by atoms with Crippen LogP contribution in [-0.2, 0) is 28.5 Å². The van der Waals surface area contributed by atoms with Crippen molar-refractivity contribution in [3.8, 4) is 0 Å². The Morgan fingerprint density at radius 3 is 2.73 bits per heavy atom. The molecule has 0 aromatic carbocycles. The Labute approximate surface area is 123 Å². The van der Waals surface area contributed by atoms with E-state index in [1.807, 2.05) is 0 Å². The van der Waals surface area contributed by atoms with Gasteiger partial charge in [-0.15, -0.1) is 0 Å². The average molecular weight is 320 g/mol. The summed E-state index contributed by atoms with van der Waals surface area (Å²) in [7, 11) is 0. The van der Waals surface area contributed by atoms with E-state index in [1.54, 1.807) is 0 Å². The Morgan fingerprint density at radius 1 is 1.32 bits per heavy atom. The average Bonchev–Trinajstić information content (AvgIpc) is 3.02. The molecule has 0 radical (unpaired) electrons. The second-order valence-corrected chi connectivity index (χ2v) is 5.82. The van der Waals surface area contributed by atoms with E-state index in [-0.39, 0.29) is 23.7 Å². The van der Waals surface area contributed by atoms with Crippen LogP contribution in [0.2, 0.25) is 0 Å².